The first kappa shape index (κ1) is 29.5. The van der Waals surface area contributed by atoms with Crippen molar-refractivity contribution in [2.24, 2.45) is 5.92 Å². The number of carboxylic acid groups (broad SMARTS) is 1. The lowest BCUT2D eigenvalue weighted by molar-refractivity contribution is -0.132. The number of halogens is 3. The Morgan fingerprint density at radius 3 is 2.41 bits per heavy atom. The van der Waals surface area contributed by atoms with Gasteiger partial charge in [0.05, 0.1) is 26.2 Å². The first-order valence-corrected chi connectivity index (χ1v) is 14.5. The van der Waals surface area contributed by atoms with E-state index in [1.807, 2.05) is 6.08 Å². The summed E-state index contributed by atoms with van der Waals surface area (Å²) in [5, 5.41) is 26.1. The molecule has 1 aromatic heterocycles. The largest absolute Gasteiger partial charge is 0.489 e. The van der Waals surface area contributed by atoms with Crippen LogP contribution in [0.4, 0.5) is 0 Å². The summed E-state index contributed by atoms with van der Waals surface area (Å²) in [7, 11) is 0. The number of carboxylic acids is 1. The Bertz CT molecular complexity index is 1560. The van der Waals surface area contributed by atoms with Crippen LogP contribution in [0.25, 0.3) is 11.3 Å². The summed E-state index contributed by atoms with van der Waals surface area (Å²) in [6.07, 6.45) is 6.54. The maximum absolute atomic E-state index is 11.3. The fourth-order valence-corrected chi connectivity index (χ4v) is 5.99. The smallest absolute Gasteiger partial charge is 0.331 e. The van der Waals surface area contributed by atoms with Gasteiger partial charge in [0.15, 0.2) is 0 Å². The SMILES string of the molecule is C=C(/C=C\C(C)=C(/C)C(=O)O)C1CC(O)(c2ccc(OCc3c(-c4c(Cl)cccc4Cl)noc3C3CC3)cc2Cl)C1. The summed E-state index contributed by atoms with van der Waals surface area (Å²) >= 11 is 19.6. The molecule has 6 nitrogen and oxygen atoms in total. The average Bonchev–Trinajstić information content (AvgIpc) is 3.68. The van der Waals surface area contributed by atoms with E-state index in [1.165, 1.54) is 0 Å². The molecule has 0 unspecified atom stereocenters. The molecule has 0 bridgehead atoms. The van der Waals surface area contributed by atoms with Crippen molar-refractivity contribution in [3.05, 3.63) is 104 Å². The van der Waals surface area contributed by atoms with Crippen LogP contribution in [0, 0.1) is 5.92 Å². The lowest BCUT2D eigenvalue weighted by atomic mass is 9.65. The highest BCUT2D eigenvalue weighted by Crippen LogP contribution is 2.51. The molecule has 2 saturated carbocycles. The number of hydrogen-bond acceptors (Lipinski definition) is 5. The molecule has 0 spiro atoms. The van der Waals surface area contributed by atoms with Crippen LogP contribution in [-0.2, 0) is 17.0 Å². The van der Waals surface area contributed by atoms with E-state index in [1.54, 1.807) is 56.3 Å². The van der Waals surface area contributed by atoms with Gasteiger partial charge in [0.25, 0.3) is 0 Å². The van der Waals surface area contributed by atoms with Crippen LogP contribution in [0.3, 0.4) is 0 Å². The zero-order valence-electron chi connectivity index (χ0n) is 22.7. The Balaban J connectivity index is 1.28. The minimum absolute atomic E-state index is 0.0608. The van der Waals surface area contributed by atoms with Crippen molar-refractivity contribution < 1.29 is 24.3 Å². The number of rotatable bonds is 10. The Labute approximate surface area is 253 Å². The number of aliphatic carboxylic acids is 1. The number of aliphatic hydroxyl groups is 1. The second kappa shape index (κ2) is 11.7. The summed E-state index contributed by atoms with van der Waals surface area (Å²) in [5.74, 6) is 0.736. The third kappa shape index (κ3) is 6.12. The van der Waals surface area contributed by atoms with E-state index in [4.69, 9.17) is 49.2 Å². The molecule has 0 amide bonds. The molecule has 214 valence electrons. The lowest BCUT2D eigenvalue weighted by Gasteiger charge is -2.45. The third-order valence-electron chi connectivity index (χ3n) is 7.94. The molecule has 2 aliphatic carbocycles. The number of ether oxygens (including phenoxy) is 1. The van der Waals surface area contributed by atoms with Gasteiger partial charge in [-0.1, -0.05) is 76.4 Å². The van der Waals surface area contributed by atoms with E-state index >= 15 is 0 Å². The Morgan fingerprint density at radius 2 is 1.80 bits per heavy atom. The van der Waals surface area contributed by atoms with Crippen molar-refractivity contribution in [2.75, 3.05) is 0 Å². The van der Waals surface area contributed by atoms with Gasteiger partial charge in [-0.25, -0.2) is 4.79 Å². The van der Waals surface area contributed by atoms with Gasteiger partial charge < -0.3 is 19.5 Å². The average molecular weight is 615 g/mol. The van der Waals surface area contributed by atoms with Gasteiger partial charge in [-0.15, -0.1) is 0 Å². The van der Waals surface area contributed by atoms with Crippen LogP contribution in [0.5, 0.6) is 5.75 Å². The lowest BCUT2D eigenvalue weighted by Crippen LogP contribution is -2.41. The summed E-state index contributed by atoms with van der Waals surface area (Å²) in [6, 6.07) is 10.6. The number of nitrogens with zero attached hydrogens (tertiary/aromatic N) is 1. The van der Waals surface area contributed by atoms with E-state index in [9.17, 15) is 9.90 Å². The van der Waals surface area contributed by atoms with Gasteiger partial charge in [0, 0.05) is 22.6 Å². The molecule has 3 aromatic rings. The number of allylic oxidation sites excluding steroid dienone is 4. The van der Waals surface area contributed by atoms with E-state index in [0.29, 0.717) is 62.0 Å². The van der Waals surface area contributed by atoms with Crippen LogP contribution in [0.15, 0.2) is 76.4 Å². The Morgan fingerprint density at radius 1 is 1.12 bits per heavy atom. The summed E-state index contributed by atoms with van der Waals surface area (Å²) in [4.78, 5) is 11.1. The summed E-state index contributed by atoms with van der Waals surface area (Å²) < 4.78 is 11.9. The maximum atomic E-state index is 11.3. The van der Waals surface area contributed by atoms with E-state index in [0.717, 1.165) is 29.7 Å². The molecule has 2 N–H and O–H groups in total. The predicted molar refractivity (Wildman–Crippen MR) is 161 cm³/mol. The molecule has 0 atom stereocenters. The molecule has 2 fully saturated rings. The van der Waals surface area contributed by atoms with Gasteiger partial charge in [-0.05, 0) is 75.3 Å². The first-order valence-electron chi connectivity index (χ1n) is 13.3. The summed E-state index contributed by atoms with van der Waals surface area (Å²) in [5.41, 5.74) is 3.30. The molecule has 0 radical (unpaired) electrons. The van der Waals surface area contributed by atoms with Crippen molar-refractivity contribution in [3.8, 4) is 17.0 Å². The minimum Gasteiger partial charge on any atom is -0.489 e. The molecule has 0 aliphatic heterocycles. The Kier molecular flexibility index (Phi) is 8.40. The molecular weight excluding hydrogens is 585 g/mol. The molecule has 2 aliphatic rings. The number of benzene rings is 2. The van der Waals surface area contributed by atoms with Crippen molar-refractivity contribution in [1.29, 1.82) is 0 Å². The van der Waals surface area contributed by atoms with Gasteiger partial charge in [-0.3, -0.25) is 0 Å². The van der Waals surface area contributed by atoms with Crippen molar-refractivity contribution in [2.45, 2.75) is 57.7 Å². The second-order valence-electron chi connectivity index (χ2n) is 10.8. The fourth-order valence-electron chi connectivity index (χ4n) is 5.07. The zero-order chi connectivity index (χ0) is 29.5. The molecule has 1 heterocycles. The van der Waals surface area contributed by atoms with E-state index in [-0.39, 0.29) is 18.1 Å². The van der Waals surface area contributed by atoms with Crippen LogP contribution in [-0.4, -0.2) is 21.3 Å². The van der Waals surface area contributed by atoms with Gasteiger partial charge in [0.2, 0.25) is 0 Å². The molecule has 9 heteroatoms. The zero-order valence-corrected chi connectivity index (χ0v) is 25.0. The van der Waals surface area contributed by atoms with Crippen LogP contribution in [0.1, 0.15) is 62.3 Å². The van der Waals surface area contributed by atoms with Crippen molar-refractivity contribution in [1.82, 2.24) is 5.16 Å². The standard InChI is InChI=1S/C32H30Cl3NO5/c1-17(19(3)31(37)38)7-8-18(2)21-14-32(39,15-21)24-12-11-22(13-27(24)35)40-16-23-29(36-41-30(23)20-9-10-20)28-25(33)5-4-6-26(28)34/h4-8,11-13,20-21,39H,2,9-10,14-16H2,1,3H3,(H,37,38)/b8-7-,19-17+. The van der Waals surface area contributed by atoms with Crippen molar-refractivity contribution in [3.63, 3.8) is 0 Å². The number of aromatic nitrogens is 1. The topological polar surface area (TPSA) is 92.8 Å². The Hall–Kier alpha value is -3.03. The monoisotopic (exact) mass is 613 g/mol. The molecule has 0 saturated heterocycles. The number of carbonyl (C=O) groups is 1. The van der Waals surface area contributed by atoms with E-state index < -0.39 is 11.6 Å². The minimum atomic E-state index is -1.08. The molecular formula is C32H30Cl3NO5. The number of hydrogen-bond donors (Lipinski definition) is 2. The van der Waals surface area contributed by atoms with Crippen LogP contribution < -0.4 is 4.74 Å². The van der Waals surface area contributed by atoms with Crippen molar-refractivity contribution >= 4 is 40.8 Å². The first-order chi connectivity index (χ1) is 19.5. The van der Waals surface area contributed by atoms with Gasteiger partial charge in [0.1, 0.15) is 23.8 Å². The predicted octanol–water partition coefficient (Wildman–Crippen LogP) is 8.89. The van der Waals surface area contributed by atoms with E-state index in [2.05, 4.69) is 11.7 Å². The maximum Gasteiger partial charge on any atom is 0.331 e. The van der Waals surface area contributed by atoms with Gasteiger partial charge >= 0.3 is 5.97 Å². The molecule has 41 heavy (non-hydrogen) atoms. The van der Waals surface area contributed by atoms with Crippen LogP contribution >= 0.6 is 34.8 Å². The molecule has 2 aromatic carbocycles. The van der Waals surface area contributed by atoms with Crippen LogP contribution in [0.2, 0.25) is 15.1 Å². The normalized spacial score (nSPS) is 21.0. The summed E-state index contributed by atoms with van der Waals surface area (Å²) in [6.45, 7) is 7.61. The fraction of sp³-hybridized carbons (Fsp3) is 0.312. The highest BCUT2D eigenvalue weighted by molar-refractivity contribution is 6.39. The molecule has 5 rings (SSSR count). The second-order valence-corrected chi connectivity index (χ2v) is 12.1. The third-order valence-corrected chi connectivity index (χ3v) is 8.89. The van der Waals surface area contributed by atoms with Gasteiger partial charge in [-0.2, -0.15) is 0 Å². The highest BCUT2D eigenvalue weighted by Gasteiger charge is 2.45. The quantitative estimate of drug-likeness (QED) is 0.175. The highest BCUT2D eigenvalue weighted by atomic mass is 35.5.